The number of aliphatic hydroxyl groups is 1. The van der Waals surface area contributed by atoms with Crippen molar-refractivity contribution in [1.29, 1.82) is 0 Å². The molecule has 2 aliphatic carbocycles. The van der Waals surface area contributed by atoms with Crippen LogP contribution in [0.2, 0.25) is 0 Å². The summed E-state index contributed by atoms with van der Waals surface area (Å²) in [6, 6.07) is 0. The van der Waals surface area contributed by atoms with Crippen LogP contribution in [0, 0.1) is 17.3 Å². The Balaban J connectivity index is 2.16. The molecule has 2 atom stereocenters. The van der Waals surface area contributed by atoms with Crippen LogP contribution in [-0.2, 0) is 9.53 Å². The van der Waals surface area contributed by atoms with Crippen molar-refractivity contribution in [3.05, 3.63) is 0 Å². The average molecular weight is 240 g/mol. The normalized spacial score (nSPS) is 35.7. The van der Waals surface area contributed by atoms with E-state index in [2.05, 4.69) is 13.8 Å². The molecule has 2 fully saturated rings. The zero-order valence-electron chi connectivity index (χ0n) is 11.2. The van der Waals surface area contributed by atoms with Gasteiger partial charge in [-0.3, -0.25) is 4.79 Å². The molecule has 98 valence electrons. The number of carbonyl (C=O) groups excluding carboxylic acids is 1. The molecule has 0 saturated heterocycles. The van der Waals surface area contributed by atoms with Crippen molar-refractivity contribution in [2.75, 3.05) is 7.11 Å². The fraction of sp³-hybridized carbons (Fsp3) is 0.929. The number of methoxy groups -OCH3 is 1. The van der Waals surface area contributed by atoms with Gasteiger partial charge in [-0.1, -0.05) is 20.3 Å². The third-order valence-corrected chi connectivity index (χ3v) is 4.92. The smallest absolute Gasteiger partial charge is 0.314 e. The summed E-state index contributed by atoms with van der Waals surface area (Å²) in [5, 5.41) is 10.9. The average Bonchev–Trinajstić information content (AvgIpc) is 3.09. The molecule has 3 heteroatoms. The highest BCUT2D eigenvalue weighted by Crippen LogP contribution is 2.60. The van der Waals surface area contributed by atoms with Gasteiger partial charge in [-0.15, -0.1) is 0 Å². The minimum Gasteiger partial charge on any atom is -0.469 e. The second-order valence-electron chi connectivity index (χ2n) is 6.21. The van der Waals surface area contributed by atoms with Crippen LogP contribution in [0.4, 0.5) is 0 Å². The molecule has 0 bridgehead atoms. The first-order valence-electron chi connectivity index (χ1n) is 6.76. The maximum absolute atomic E-state index is 11.9. The van der Waals surface area contributed by atoms with Crippen molar-refractivity contribution in [1.82, 2.24) is 0 Å². The van der Waals surface area contributed by atoms with Crippen molar-refractivity contribution >= 4 is 5.97 Å². The first-order chi connectivity index (χ1) is 7.95. The zero-order chi connectivity index (χ0) is 12.7. The molecule has 0 radical (unpaired) electrons. The molecule has 0 spiro atoms. The fourth-order valence-electron chi connectivity index (χ4n) is 3.48. The van der Waals surface area contributed by atoms with E-state index < -0.39 is 11.0 Å². The van der Waals surface area contributed by atoms with Crippen molar-refractivity contribution < 1.29 is 14.6 Å². The fourth-order valence-corrected chi connectivity index (χ4v) is 3.48. The molecule has 2 rings (SSSR count). The molecule has 0 heterocycles. The molecule has 0 aromatic heterocycles. The van der Waals surface area contributed by atoms with Gasteiger partial charge in [-0.05, 0) is 43.9 Å². The third kappa shape index (κ3) is 1.99. The summed E-state index contributed by atoms with van der Waals surface area (Å²) < 4.78 is 4.89. The second kappa shape index (κ2) is 4.27. The van der Waals surface area contributed by atoms with Crippen LogP contribution in [0.3, 0.4) is 0 Å². The number of rotatable bonds is 3. The summed E-state index contributed by atoms with van der Waals surface area (Å²) in [5.74, 6) is 0.913. The molecule has 0 amide bonds. The maximum Gasteiger partial charge on any atom is 0.314 e. The van der Waals surface area contributed by atoms with E-state index in [4.69, 9.17) is 4.74 Å². The molecule has 1 N–H and O–H groups in total. The predicted molar refractivity (Wildman–Crippen MR) is 65.4 cm³/mol. The Hall–Kier alpha value is -0.570. The lowest BCUT2D eigenvalue weighted by molar-refractivity contribution is -0.165. The molecular formula is C14H24O3. The Morgan fingerprint density at radius 2 is 2.00 bits per heavy atom. The van der Waals surface area contributed by atoms with Gasteiger partial charge >= 0.3 is 5.97 Å². The van der Waals surface area contributed by atoms with E-state index in [0.29, 0.717) is 11.8 Å². The van der Waals surface area contributed by atoms with Crippen LogP contribution >= 0.6 is 0 Å². The topological polar surface area (TPSA) is 46.5 Å². The maximum atomic E-state index is 11.9. The number of carbonyl (C=O) groups is 1. The van der Waals surface area contributed by atoms with Crippen molar-refractivity contribution in [3.8, 4) is 0 Å². The van der Waals surface area contributed by atoms with Crippen molar-refractivity contribution in [2.45, 2.75) is 58.0 Å². The summed E-state index contributed by atoms with van der Waals surface area (Å²) in [6.07, 6.45) is 5.31. The molecule has 0 aromatic carbocycles. The van der Waals surface area contributed by atoms with Gasteiger partial charge < -0.3 is 9.84 Å². The van der Waals surface area contributed by atoms with Crippen molar-refractivity contribution in [3.63, 3.8) is 0 Å². The van der Waals surface area contributed by atoms with Crippen LogP contribution in [-0.4, -0.2) is 23.8 Å². The van der Waals surface area contributed by atoms with Gasteiger partial charge in [0.25, 0.3) is 0 Å². The molecule has 17 heavy (non-hydrogen) atoms. The highest BCUT2D eigenvalue weighted by molar-refractivity contribution is 5.81. The molecular weight excluding hydrogens is 216 g/mol. The van der Waals surface area contributed by atoms with E-state index in [9.17, 15) is 9.90 Å². The lowest BCUT2D eigenvalue weighted by atomic mass is 9.67. The van der Waals surface area contributed by atoms with E-state index in [1.807, 2.05) is 0 Å². The zero-order valence-corrected chi connectivity index (χ0v) is 11.2. The van der Waals surface area contributed by atoms with E-state index >= 15 is 0 Å². The van der Waals surface area contributed by atoms with E-state index in [1.165, 1.54) is 13.5 Å². The van der Waals surface area contributed by atoms with Crippen LogP contribution in [0.25, 0.3) is 0 Å². The molecule has 3 nitrogen and oxygen atoms in total. The number of ether oxygens (including phenoxy) is 1. The largest absolute Gasteiger partial charge is 0.469 e. The standard InChI is InChI=1S/C14H24O3/c1-10(2)11-5-4-6-14(16,9-11)13(7-8-13)12(15)17-3/h10-11,16H,4-9H2,1-3H3. The Bertz CT molecular complexity index is 307. The summed E-state index contributed by atoms with van der Waals surface area (Å²) >= 11 is 0. The van der Waals surface area contributed by atoms with Gasteiger partial charge in [-0.25, -0.2) is 0 Å². The second-order valence-corrected chi connectivity index (χ2v) is 6.21. The van der Waals surface area contributed by atoms with Gasteiger partial charge in [0.05, 0.1) is 18.1 Å². The monoisotopic (exact) mass is 240 g/mol. The van der Waals surface area contributed by atoms with Gasteiger partial charge in [0.15, 0.2) is 0 Å². The molecule has 0 aliphatic heterocycles. The lowest BCUT2D eigenvalue weighted by Crippen LogP contribution is -2.48. The predicted octanol–water partition coefficient (Wildman–Crippen LogP) is 2.52. The SMILES string of the molecule is COC(=O)C1(C2(O)CCCC(C(C)C)C2)CC1. The highest BCUT2D eigenvalue weighted by Gasteiger charge is 2.65. The van der Waals surface area contributed by atoms with E-state index in [0.717, 1.165) is 32.1 Å². The van der Waals surface area contributed by atoms with Crippen LogP contribution in [0.5, 0.6) is 0 Å². The van der Waals surface area contributed by atoms with Crippen molar-refractivity contribution in [2.24, 2.45) is 17.3 Å². The Morgan fingerprint density at radius 1 is 1.35 bits per heavy atom. The van der Waals surface area contributed by atoms with Gasteiger partial charge in [0, 0.05) is 0 Å². The van der Waals surface area contributed by atoms with Crippen LogP contribution in [0.1, 0.15) is 52.4 Å². The summed E-state index contributed by atoms with van der Waals surface area (Å²) in [4.78, 5) is 11.9. The third-order valence-electron chi connectivity index (χ3n) is 4.92. The molecule has 2 unspecified atom stereocenters. The van der Waals surface area contributed by atoms with E-state index in [-0.39, 0.29) is 5.97 Å². The minimum absolute atomic E-state index is 0.204. The van der Waals surface area contributed by atoms with Crippen LogP contribution in [0.15, 0.2) is 0 Å². The lowest BCUT2D eigenvalue weighted by Gasteiger charge is -2.42. The van der Waals surface area contributed by atoms with Gasteiger partial charge in [0.1, 0.15) is 0 Å². The quantitative estimate of drug-likeness (QED) is 0.771. The number of hydrogen-bond donors (Lipinski definition) is 1. The molecule has 2 aliphatic rings. The number of esters is 1. The highest BCUT2D eigenvalue weighted by atomic mass is 16.5. The van der Waals surface area contributed by atoms with Crippen LogP contribution < -0.4 is 0 Å². The minimum atomic E-state index is -0.812. The first kappa shape index (κ1) is 12.9. The van der Waals surface area contributed by atoms with E-state index in [1.54, 1.807) is 0 Å². The first-order valence-corrected chi connectivity index (χ1v) is 6.76. The molecule has 2 saturated carbocycles. The Morgan fingerprint density at radius 3 is 2.47 bits per heavy atom. The van der Waals surface area contributed by atoms with Gasteiger partial charge in [-0.2, -0.15) is 0 Å². The molecule has 0 aromatic rings. The summed E-state index contributed by atoms with van der Waals surface area (Å²) in [6.45, 7) is 4.41. The van der Waals surface area contributed by atoms with Gasteiger partial charge in [0.2, 0.25) is 0 Å². The summed E-state index contributed by atoms with van der Waals surface area (Å²) in [5.41, 5.74) is -1.39. The summed E-state index contributed by atoms with van der Waals surface area (Å²) in [7, 11) is 1.43. The Kier molecular flexibility index (Phi) is 3.23. The number of hydrogen-bond acceptors (Lipinski definition) is 3. The Labute approximate surface area is 104 Å².